The van der Waals surface area contributed by atoms with Crippen LogP contribution in [0.3, 0.4) is 0 Å². The van der Waals surface area contributed by atoms with Crippen LogP contribution in [0.2, 0.25) is 0 Å². The zero-order chi connectivity index (χ0) is 14.4. The molecule has 0 amide bonds. The summed E-state index contributed by atoms with van der Waals surface area (Å²) in [6.45, 7) is 5.51. The van der Waals surface area contributed by atoms with Crippen LogP contribution in [0.15, 0.2) is 42.7 Å². The molecule has 1 saturated carbocycles. The second-order valence-corrected chi connectivity index (χ2v) is 6.69. The Balaban J connectivity index is 1.56. The fourth-order valence-electron chi connectivity index (χ4n) is 3.96. The lowest BCUT2D eigenvalue weighted by Crippen LogP contribution is -2.63. The zero-order valence-electron chi connectivity index (χ0n) is 12.5. The fourth-order valence-corrected chi connectivity index (χ4v) is 3.96. The van der Waals surface area contributed by atoms with Gasteiger partial charge in [-0.05, 0) is 30.7 Å². The Bertz CT molecular complexity index is 635. The van der Waals surface area contributed by atoms with Crippen LogP contribution in [-0.2, 0) is 4.74 Å². The van der Waals surface area contributed by atoms with E-state index in [1.165, 1.54) is 6.42 Å². The van der Waals surface area contributed by atoms with Crippen molar-refractivity contribution in [2.24, 2.45) is 11.3 Å². The molecule has 110 valence electrons. The number of fused-ring (bicyclic) bond motifs is 1. The fraction of sp³-hybridized carbons (Fsp3) is 0.471. The number of hydrogen-bond donors (Lipinski definition) is 1. The minimum Gasteiger partial charge on any atom is -0.381 e. The predicted molar refractivity (Wildman–Crippen MR) is 82.6 cm³/mol. The van der Waals surface area contributed by atoms with E-state index in [-0.39, 0.29) is 5.41 Å². The van der Waals surface area contributed by atoms with Crippen LogP contribution >= 0.6 is 0 Å². The highest BCUT2D eigenvalue weighted by atomic mass is 16.5. The van der Waals surface area contributed by atoms with Crippen molar-refractivity contribution in [2.75, 3.05) is 11.9 Å². The molecule has 21 heavy (non-hydrogen) atoms. The SMILES string of the molecule is CC1(C)C(Nc2cccc(-n3cccn3)c2)C2CCOC21. The van der Waals surface area contributed by atoms with Crippen LogP contribution in [0.4, 0.5) is 5.69 Å². The van der Waals surface area contributed by atoms with Crippen molar-refractivity contribution in [3.63, 3.8) is 0 Å². The van der Waals surface area contributed by atoms with E-state index >= 15 is 0 Å². The minimum atomic E-state index is 0.197. The summed E-state index contributed by atoms with van der Waals surface area (Å²) in [4.78, 5) is 0. The molecule has 0 radical (unpaired) electrons. The third-order valence-electron chi connectivity index (χ3n) is 5.04. The Hall–Kier alpha value is -1.81. The molecule has 1 aromatic heterocycles. The quantitative estimate of drug-likeness (QED) is 0.941. The highest BCUT2D eigenvalue weighted by Crippen LogP contribution is 2.53. The summed E-state index contributed by atoms with van der Waals surface area (Å²) in [5.41, 5.74) is 2.44. The molecule has 2 fully saturated rings. The van der Waals surface area contributed by atoms with Crippen molar-refractivity contribution in [1.82, 2.24) is 9.78 Å². The van der Waals surface area contributed by atoms with Gasteiger partial charge in [0.2, 0.25) is 0 Å². The van der Waals surface area contributed by atoms with Crippen molar-refractivity contribution < 1.29 is 4.74 Å². The molecule has 3 unspecified atom stereocenters. The standard InChI is InChI=1S/C17H21N3O/c1-17(2)15(14-7-10-21-16(14)17)19-12-5-3-6-13(11-12)20-9-4-8-18-20/h3-6,8-9,11,14-16,19H,7,10H2,1-2H3. The summed E-state index contributed by atoms with van der Waals surface area (Å²) in [5, 5.41) is 8.01. The zero-order valence-corrected chi connectivity index (χ0v) is 12.5. The molecule has 1 saturated heterocycles. The van der Waals surface area contributed by atoms with Gasteiger partial charge in [-0.1, -0.05) is 19.9 Å². The van der Waals surface area contributed by atoms with Crippen molar-refractivity contribution in [1.29, 1.82) is 0 Å². The van der Waals surface area contributed by atoms with Crippen LogP contribution in [-0.4, -0.2) is 28.5 Å². The van der Waals surface area contributed by atoms with E-state index in [1.54, 1.807) is 6.20 Å². The lowest BCUT2D eigenvalue weighted by atomic mass is 9.57. The Labute approximate surface area is 125 Å². The summed E-state index contributed by atoms with van der Waals surface area (Å²) in [7, 11) is 0. The molecule has 0 bridgehead atoms. The van der Waals surface area contributed by atoms with Gasteiger partial charge in [-0.2, -0.15) is 5.10 Å². The number of rotatable bonds is 3. The summed E-state index contributed by atoms with van der Waals surface area (Å²) in [6, 6.07) is 10.9. The monoisotopic (exact) mass is 283 g/mol. The average Bonchev–Trinajstić information content (AvgIpc) is 3.15. The summed E-state index contributed by atoms with van der Waals surface area (Å²) < 4.78 is 7.75. The van der Waals surface area contributed by atoms with Gasteiger partial charge < -0.3 is 10.1 Å². The van der Waals surface area contributed by atoms with Gasteiger partial charge in [0.1, 0.15) is 0 Å². The number of ether oxygens (including phenoxy) is 1. The molecule has 1 aromatic carbocycles. The summed E-state index contributed by atoms with van der Waals surface area (Å²) in [6.07, 6.45) is 5.36. The second kappa shape index (κ2) is 4.60. The second-order valence-electron chi connectivity index (χ2n) is 6.69. The van der Waals surface area contributed by atoms with Gasteiger partial charge in [-0.15, -0.1) is 0 Å². The number of anilines is 1. The first kappa shape index (κ1) is 12.9. The Morgan fingerprint density at radius 1 is 1.33 bits per heavy atom. The van der Waals surface area contributed by atoms with Gasteiger partial charge in [0.25, 0.3) is 0 Å². The smallest absolute Gasteiger partial charge is 0.0694 e. The highest BCUT2D eigenvalue weighted by molar-refractivity contribution is 5.52. The number of hydrogen-bond acceptors (Lipinski definition) is 3. The van der Waals surface area contributed by atoms with E-state index in [0.29, 0.717) is 18.1 Å². The predicted octanol–water partition coefficient (Wildman–Crippen LogP) is 3.10. The highest BCUT2D eigenvalue weighted by Gasteiger charge is 2.59. The van der Waals surface area contributed by atoms with Gasteiger partial charge in [0, 0.05) is 42.1 Å². The molecule has 0 spiro atoms. The van der Waals surface area contributed by atoms with Crippen molar-refractivity contribution in [3.8, 4) is 5.69 Å². The van der Waals surface area contributed by atoms with Crippen LogP contribution in [0.1, 0.15) is 20.3 Å². The minimum absolute atomic E-state index is 0.197. The van der Waals surface area contributed by atoms with Gasteiger partial charge in [-0.25, -0.2) is 4.68 Å². The molecule has 3 atom stereocenters. The molecule has 1 N–H and O–H groups in total. The average molecular weight is 283 g/mol. The number of aromatic nitrogens is 2. The Kier molecular flexibility index (Phi) is 2.82. The third-order valence-corrected chi connectivity index (χ3v) is 5.04. The number of nitrogens with one attached hydrogen (secondary N) is 1. The Morgan fingerprint density at radius 3 is 3.05 bits per heavy atom. The van der Waals surface area contributed by atoms with Crippen molar-refractivity contribution in [3.05, 3.63) is 42.7 Å². The molecule has 2 aromatic rings. The van der Waals surface area contributed by atoms with Gasteiger partial charge in [-0.3, -0.25) is 0 Å². The number of nitrogens with zero attached hydrogens (tertiary/aromatic N) is 2. The van der Waals surface area contributed by atoms with Gasteiger partial charge >= 0.3 is 0 Å². The van der Waals surface area contributed by atoms with E-state index in [0.717, 1.165) is 18.0 Å². The van der Waals surface area contributed by atoms with E-state index in [4.69, 9.17) is 4.74 Å². The van der Waals surface area contributed by atoms with Gasteiger partial charge in [0.05, 0.1) is 11.8 Å². The largest absolute Gasteiger partial charge is 0.381 e. The van der Waals surface area contributed by atoms with E-state index in [9.17, 15) is 0 Å². The molecule has 4 heteroatoms. The van der Waals surface area contributed by atoms with E-state index in [2.05, 4.69) is 48.5 Å². The summed E-state index contributed by atoms with van der Waals surface area (Å²) in [5.74, 6) is 0.647. The first-order valence-electron chi connectivity index (χ1n) is 7.64. The molecule has 1 aliphatic heterocycles. The maximum absolute atomic E-state index is 5.86. The van der Waals surface area contributed by atoms with E-state index in [1.807, 2.05) is 16.9 Å². The van der Waals surface area contributed by atoms with Crippen LogP contribution in [0, 0.1) is 11.3 Å². The molecular weight excluding hydrogens is 262 g/mol. The molecular formula is C17H21N3O. The third kappa shape index (κ3) is 1.97. The first-order valence-corrected chi connectivity index (χ1v) is 7.64. The Morgan fingerprint density at radius 2 is 2.24 bits per heavy atom. The molecule has 4 rings (SSSR count). The molecule has 1 aliphatic carbocycles. The normalized spacial score (nSPS) is 29.7. The van der Waals surface area contributed by atoms with Crippen LogP contribution in [0.5, 0.6) is 0 Å². The van der Waals surface area contributed by atoms with Crippen LogP contribution in [0.25, 0.3) is 5.69 Å². The lowest BCUT2D eigenvalue weighted by Gasteiger charge is -2.55. The maximum atomic E-state index is 5.86. The molecule has 4 nitrogen and oxygen atoms in total. The number of benzene rings is 1. The van der Waals surface area contributed by atoms with Crippen molar-refractivity contribution >= 4 is 5.69 Å². The van der Waals surface area contributed by atoms with E-state index < -0.39 is 0 Å². The topological polar surface area (TPSA) is 39.1 Å². The van der Waals surface area contributed by atoms with Crippen LogP contribution < -0.4 is 5.32 Å². The summed E-state index contributed by atoms with van der Waals surface area (Å²) >= 11 is 0. The molecule has 2 heterocycles. The maximum Gasteiger partial charge on any atom is 0.0694 e. The first-order chi connectivity index (χ1) is 10.2. The van der Waals surface area contributed by atoms with Gasteiger partial charge in [0.15, 0.2) is 0 Å². The molecule has 2 aliphatic rings. The van der Waals surface area contributed by atoms with Crippen molar-refractivity contribution in [2.45, 2.75) is 32.4 Å². The lowest BCUT2D eigenvalue weighted by molar-refractivity contribution is -0.0923.